The van der Waals surface area contributed by atoms with Crippen LogP contribution in [0.25, 0.3) is 0 Å². The van der Waals surface area contributed by atoms with E-state index in [0.717, 1.165) is 49.1 Å². The molecule has 276 valence electrons. The molecule has 9 N–H and O–H groups in total. The van der Waals surface area contributed by atoms with E-state index in [1.807, 2.05) is 6.07 Å². The van der Waals surface area contributed by atoms with Gasteiger partial charge in [0.15, 0.2) is 16.9 Å². The Morgan fingerprint density at radius 3 is 2.55 bits per heavy atom. The van der Waals surface area contributed by atoms with E-state index in [0.29, 0.717) is 40.0 Å². The number of amides is 2. The number of aryl methyl sites for hydroxylation is 1. The summed E-state index contributed by atoms with van der Waals surface area (Å²) in [6, 6.07) is 4.17. The average Bonchev–Trinajstić information content (AvgIpc) is 3.47. The standard InChI is InChI=1S/C31H40N8O10S2/c1-29(2)23(26(41)39(29)49-51(44,45)46)37-25(40)22(19-14-50-28(34)36-19)38-48-30(3,27(42)43)21-7-5-16-8-17(4-6-20(16)47-21)24(33)35-18-11-31(12-18)9-15(10-31)13-32/h4,6,8,14-15,18,21,23H,5,7,9-13,32H2,1-3H3,(H2,33,35)(H2,34,36)(H,37,40)(H,42,43)(H,44,45,46)/b38-22-/t15?,18?,21-,23-,30?,31?/m1/s1. The first kappa shape index (κ1) is 36.4. The zero-order valence-electron chi connectivity index (χ0n) is 28.0. The van der Waals surface area contributed by atoms with Gasteiger partial charge in [-0.1, -0.05) is 5.16 Å². The number of ether oxygens (including phenoxy) is 1. The van der Waals surface area contributed by atoms with Crippen molar-refractivity contribution in [2.24, 2.45) is 22.2 Å². The lowest BCUT2D eigenvalue weighted by Crippen LogP contribution is -2.76. The van der Waals surface area contributed by atoms with Gasteiger partial charge in [0.25, 0.3) is 17.4 Å². The number of benzene rings is 1. The molecule has 2 aliphatic carbocycles. The maximum Gasteiger partial charge on any atom is 0.418 e. The molecule has 20 heteroatoms. The van der Waals surface area contributed by atoms with E-state index >= 15 is 0 Å². The predicted molar refractivity (Wildman–Crippen MR) is 182 cm³/mol. The van der Waals surface area contributed by atoms with E-state index < -0.39 is 57.2 Å². The molecule has 2 aliphatic heterocycles. The fourth-order valence-corrected chi connectivity index (χ4v) is 8.37. The van der Waals surface area contributed by atoms with Crippen molar-refractivity contribution in [3.8, 4) is 5.75 Å². The quantitative estimate of drug-likeness (QED) is 0.0524. The van der Waals surface area contributed by atoms with Gasteiger partial charge in [-0.3, -0.25) is 19.6 Å². The van der Waals surface area contributed by atoms with Crippen molar-refractivity contribution in [2.75, 3.05) is 12.3 Å². The molecule has 1 aromatic heterocycles. The number of anilines is 1. The first-order valence-corrected chi connectivity index (χ1v) is 18.5. The number of oxime groups is 1. The summed E-state index contributed by atoms with van der Waals surface area (Å²) >= 11 is 0.967. The smallest absolute Gasteiger partial charge is 0.418 e. The van der Waals surface area contributed by atoms with E-state index in [-0.39, 0.29) is 23.3 Å². The summed E-state index contributed by atoms with van der Waals surface area (Å²) in [6.45, 7) is 4.72. The summed E-state index contributed by atoms with van der Waals surface area (Å²) in [5.74, 6) is -2.11. The van der Waals surface area contributed by atoms with Gasteiger partial charge in [-0.25, -0.2) is 9.78 Å². The number of thiazole rings is 1. The molecule has 1 spiro atoms. The van der Waals surface area contributed by atoms with E-state index in [1.165, 1.54) is 26.2 Å². The lowest BCUT2D eigenvalue weighted by molar-refractivity contribution is -0.218. The number of amidine groups is 1. The van der Waals surface area contributed by atoms with Crippen LogP contribution in [-0.4, -0.2) is 93.3 Å². The number of fused-ring (bicyclic) bond motifs is 1. The molecule has 1 saturated heterocycles. The minimum Gasteiger partial charge on any atom is -0.485 e. The van der Waals surface area contributed by atoms with Gasteiger partial charge in [-0.2, -0.15) is 13.5 Å². The Labute approximate surface area is 297 Å². The molecule has 2 amide bonds. The van der Waals surface area contributed by atoms with Crippen molar-refractivity contribution in [3.05, 3.63) is 40.4 Å². The predicted octanol–water partition coefficient (Wildman–Crippen LogP) is 0.956. The molecule has 0 bridgehead atoms. The van der Waals surface area contributed by atoms with Gasteiger partial charge in [0, 0.05) is 17.0 Å². The largest absolute Gasteiger partial charge is 0.485 e. The first-order chi connectivity index (χ1) is 23.8. The van der Waals surface area contributed by atoms with Gasteiger partial charge in [-0.05, 0) is 101 Å². The molecule has 2 saturated carbocycles. The van der Waals surface area contributed by atoms with Crippen LogP contribution in [0.2, 0.25) is 0 Å². The molecule has 51 heavy (non-hydrogen) atoms. The van der Waals surface area contributed by atoms with Crippen LogP contribution in [-0.2, 0) is 40.3 Å². The van der Waals surface area contributed by atoms with Crippen LogP contribution in [0.15, 0.2) is 28.7 Å². The Hall–Kier alpha value is -4.37. The molecule has 4 aliphatic rings. The lowest BCUT2D eigenvalue weighted by atomic mass is 9.50. The molecule has 3 heterocycles. The highest BCUT2D eigenvalue weighted by Crippen LogP contribution is 2.58. The van der Waals surface area contributed by atoms with Crippen molar-refractivity contribution in [1.82, 2.24) is 20.7 Å². The fraction of sp³-hybridized carbons (Fsp3) is 0.548. The number of carbonyl (C=O) groups is 3. The second-order valence-electron chi connectivity index (χ2n) is 14.3. The topological polar surface area (TPSA) is 282 Å². The first-order valence-electron chi connectivity index (χ1n) is 16.2. The lowest BCUT2D eigenvalue weighted by Gasteiger charge is -2.58. The molecule has 1 aromatic carbocycles. The number of nitrogens with two attached hydrogens (primary N) is 2. The minimum atomic E-state index is -5.03. The second kappa shape index (κ2) is 13.0. The highest BCUT2D eigenvalue weighted by atomic mass is 32.3. The summed E-state index contributed by atoms with van der Waals surface area (Å²) in [7, 11) is -5.03. The molecule has 2 aromatic rings. The third-order valence-electron chi connectivity index (χ3n) is 10.2. The van der Waals surface area contributed by atoms with Gasteiger partial charge in [-0.15, -0.1) is 15.6 Å². The van der Waals surface area contributed by atoms with Crippen LogP contribution >= 0.6 is 11.3 Å². The summed E-state index contributed by atoms with van der Waals surface area (Å²) in [6.07, 6.45) is 3.90. The Kier molecular flexibility index (Phi) is 9.28. The number of β-lactam (4-membered cyclic amide) rings is 1. The fourth-order valence-electron chi connectivity index (χ4n) is 7.37. The van der Waals surface area contributed by atoms with Crippen LogP contribution in [0.5, 0.6) is 5.75 Å². The molecule has 3 atom stereocenters. The number of carboxylic acids is 1. The third-order valence-corrected chi connectivity index (χ3v) is 11.3. The van der Waals surface area contributed by atoms with Crippen molar-refractivity contribution >= 4 is 56.2 Å². The SMILES string of the molecule is CC(O/N=C(\C(=O)N[C@@H]1C(=O)N(OS(=O)(=O)O)C1(C)C)c1csc(N)n1)(C(=O)O)[C@H]1CCc2cc(C(=N)NC3CC4(CC(CN)C4)C3)ccc2O1. The number of rotatable bonds is 12. The summed E-state index contributed by atoms with van der Waals surface area (Å²) in [5.41, 5.74) is 9.25. The van der Waals surface area contributed by atoms with E-state index in [9.17, 15) is 27.9 Å². The highest BCUT2D eigenvalue weighted by Gasteiger charge is 2.58. The zero-order chi connectivity index (χ0) is 37.1. The summed E-state index contributed by atoms with van der Waals surface area (Å²) < 4.78 is 41.8. The van der Waals surface area contributed by atoms with E-state index in [1.54, 1.807) is 12.1 Å². The Morgan fingerprint density at radius 2 is 1.96 bits per heavy atom. The molecule has 1 unspecified atom stereocenters. The Morgan fingerprint density at radius 1 is 1.25 bits per heavy atom. The highest BCUT2D eigenvalue weighted by molar-refractivity contribution is 7.80. The number of hydrogen-bond acceptors (Lipinski definition) is 14. The zero-order valence-corrected chi connectivity index (χ0v) is 29.7. The van der Waals surface area contributed by atoms with Gasteiger partial charge >= 0.3 is 16.4 Å². The molecule has 18 nitrogen and oxygen atoms in total. The number of nitrogens with one attached hydrogen (secondary N) is 3. The van der Waals surface area contributed by atoms with Crippen LogP contribution in [0.3, 0.4) is 0 Å². The number of nitrogen functional groups attached to an aromatic ring is 1. The average molecular weight is 749 g/mol. The van der Waals surface area contributed by atoms with Crippen LogP contribution < -0.4 is 26.8 Å². The van der Waals surface area contributed by atoms with Crippen LogP contribution in [0, 0.1) is 16.7 Å². The van der Waals surface area contributed by atoms with Gasteiger partial charge < -0.3 is 36.8 Å². The molecule has 3 fully saturated rings. The van der Waals surface area contributed by atoms with E-state index in [2.05, 4.69) is 25.1 Å². The van der Waals surface area contributed by atoms with E-state index in [4.69, 9.17) is 31.0 Å². The van der Waals surface area contributed by atoms with Gasteiger partial charge in [0.2, 0.25) is 0 Å². The van der Waals surface area contributed by atoms with Crippen LogP contribution in [0.1, 0.15) is 69.7 Å². The number of hydroxylamine groups is 2. The normalized spacial score (nSPS) is 27.8. The Balaban J connectivity index is 1.14. The molecular formula is C31H40N8O10S2. The minimum absolute atomic E-state index is 0.0600. The molecule has 6 rings (SSSR count). The maximum atomic E-state index is 13.5. The number of aromatic nitrogens is 1. The number of carboxylic acid groups (broad SMARTS) is 1. The summed E-state index contributed by atoms with van der Waals surface area (Å²) in [4.78, 5) is 48.4. The maximum absolute atomic E-state index is 13.5. The number of aliphatic carboxylic acids is 1. The van der Waals surface area contributed by atoms with Crippen molar-refractivity contribution in [2.45, 2.75) is 88.6 Å². The third kappa shape index (κ3) is 6.97. The van der Waals surface area contributed by atoms with Gasteiger partial charge in [0.05, 0.1) is 5.54 Å². The molecular weight excluding hydrogens is 709 g/mol. The van der Waals surface area contributed by atoms with Crippen molar-refractivity contribution in [3.63, 3.8) is 0 Å². The van der Waals surface area contributed by atoms with Crippen LogP contribution in [0.4, 0.5) is 5.13 Å². The second-order valence-corrected chi connectivity index (χ2v) is 16.2. The number of carbonyl (C=O) groups excluding carboxylic acids is 2. The van der Waals surface area contributed by atoms with Crippen molar-refractivity contribution < 1.29 is 46.3 Å². The molecule has 0 radical (unpaired) electrons. The number of nitrogens with zero attached hydrogens (tertiary/aromatic N) is 3. The Bertz CT molecular complexity index is 1900. The monoisotopic (exact) mass is 748 g/mol. The van der Waals surface area contributed by atoms with Gasteiger partial charge in [0.1, 0.15) is 23.3 Å². The van der Waals surface area contributed by atoms with Crippen molar-refractivity contribution in [1.29, 1.82) is 5.41 Å². The summed E-state index contributed by atoms with van der Waals surface area (Å²) in [5, 5.41) is 30.4. The number of hydrogen-bond donors (Lipinski definition) is 7.